The number of carboxylic acids is 1. The zero-order valence-corrected chi connectivity index (χ0v) is 10.4. The van der Waals surface area contributed by atoms with Crippen molar-refractivity contribution in [1.29, 1.82) is 0 Å². The van der Waals surface area contributed by atoms with Gasteiger partial charge in [0.1, 0.15) is 5.54 Å². The van der Waals surface area contributed by atoms with Crippen molar-refractivity contribution in [2.24, 2.45) is 5.92 Å². The molecule has 2 saturated heterocycles. The summed E-state index contributed by atoms with van der Waals surface area (Å²) in [5.74, 6) is -0.0391. The van der Waals surface area contributed by atoms with Crippen LogP contribution in [0.5, 0.6) is 0 Å². The van der Waals surface area contributed by atoms with Crippen LogP contribution in [0.25, 0.3) is 0 Å². The molecule has 6 heteroatoms. The molecule has 2 heterocycles. The molecule has 0 aromatic heterocycles. The number of ether oxygens (including phenoxy) is 1. The topological polar surface area (TPSA) is 75.6 Å². The molecule has 0 spiro atoms. The monoisotopic (exact) mass is 259 g/mol. The fraction of sp³-hybridized carbons (Fsp3) is 0.818. The van der Waals surface area contributed by atoms with Crippen molar-refractivity contribution >= 4 is 23.6 Å². The second-order valence-corrected chi connectivity index (χ2v) is 5.70. The SMILES string of the molecule is O=C(N[C@@]1(C(=O)O)CCSC1)[C@H]1CCCOC1. The minimum absolute atomic E-state index is 0.172. The number of hydrogen-bond donors (Lipinski definition) is 2. The first-order valence-electron chi connectivity index (χ1n) is 5.85. The van der Waals surface area contributed by atoms with Gasteiger partial charge in [0.25, 0.3) is 0 Å². The predicted molar refractivity (Wildman–Crippen MR) is 64.0 cm³/mol. The van der Waals surface area contributed by atoms with Gasteiger partial charge in [-0.1, -0.05) is 0 Å². The van der Waals surface area contributed by atoms with E-state index >= 15 is 0 Å². The maximum atomic E-state index is 12.0. The van der Waals surface area contributed by atoms with Gasteiger partial charge >= 0.3 is 5.97 Å². The summed E-state index contributed by atoms with van der Waals surface area (Å²) in [4.78, 5) is 23.3. The maximum Gasteiger partial charge on any atom is 0.330 e. The molecular weight excluding hydrogens is 242 g/mol. The molecule has 96 valence electrons. The van der Waals surface area contributed by atoms with Gasteiger partial charge in [-0.25, -0.2) is 4.79 Å². The molecule has 0 aromatic carbocycles. The number of aliphatic carboxylic acids is 1. The molecule has 1 amide bonds. The van der Waals surface area contributed by atoms with Crippen molar-refractivity contribution in [1.82, 2.24) is 5.32 Å². The van der Waals surface area contributed by atoms with Gasteiger partial charge in [0.15, 0.2) is 0 Å². The summed E-state index contributed by atoms with van der Waals surface area (Å²) in [6, 6.07) is 0. The van der Waals surface area contributed by atoms with E-state index in [9.17, 15) is 14.7 Å². The Labute approximate surface area is 104 Å². The van der Waals surface area contributed by atoms with Crippen LogP contribution in [-0.2, 0) is 14.3 Å². The second-order valence-electron chi connectivity index (χ2n) is 4.59. The molecule has 17 heavy (non-hydrogen) atoms. The largest absolute Gasteiger partial charge is 0.479 e. The quantitative estimate of drug-likeness (QED) is 0.771. The summed E-state index contributed by atoms with van der Waals surface area (Å²) in [6.07, 6.45) is 2.16. The number of rotatable bonds is 3. The zero-order chi connectivity index (χ0) is 12.3. The van der Waals surface area contributed by atoms with Crippen LogP contribution in [0.15, 0.2) is 0 Å². The third-order valence-corrected chi connectivity index (χ3v) is 4.51. The van der Waals surface area contributed by atoms with Gasteiger partial charge in [0.05, 0.1) is 12.5 Å². The molecule has 2 aliphatic heterocycles. The summed E-state index contributed by atoms with van der Waals surface area (Å²) in [5.41, 5.74) is -1.06. The minimum Gasteiger partial charge on any atom is -0.479 e. The lowest BCUT2D eigenvalue weighted by Gasteiger charge is -2.28. The summed E-state index contributed by atoms with van der Waals surface area (Å²) in [5, 5.41) is 12.0. The molecule has 2 rings (SSSR count). The average Bonchev–Trinajstić information content (AvgIpc) is 2.80. The highest BCUT2D eigenvalue weighted by molar-refractivity contribution is 7.99. The maximum absolute atomic E-state index is 12.0. The van der Waals surface area contributed by atoms with Gasteiger partial charge in [-0.3, -0.25) is 4.79 Å². The number of nitrogens with one attached hydrogen (secondary N) is 1. The standard InChI is InChI=1S/C11H17NO4S/c13-9(8-2-1-4-16-6-8)12-11(10(14)15)3-5-17-7-11/h8H,1-7H2,(H,12,13)(H,14,15)/t8-,11-/m0/s1. The first kappa shape index (κ1) is 12.7. The van der Waals surface area contributed by atoms with Crippen molar-refractivity contribution < 1.29 is 19.4 Å². The third kappa shape index (κ3) is 2.74. The van der Waals surface area contributed by atoms with E-state index in [1.165, 1.54) is 0 Å². The van der Waals surface area contributed by atoms with E-state index in [-0.39, 0.29) is 11.8 Å². The van der Waals surface area contributed by atoms with Gasteiger partial charge in [0.2, 0.25) is 5.91 Å². The Bertz CT molecular complexity index is 309. The molecule has 0 aliphatic carbocycles. The van der Waals surface area contributed by atoms with E-state index in [0.717, 1.165) is 18.6 Å². The predicted octanol–water partition coefficient (Wildman–Crippen LogP) is 0.489. The van der Waals surface area contributed by atoms with Crippen LogP contribution in [0, 0.1) is 5.92 Å². The van der Waals surface area contributed by atoms with Crippen molar-refractivity contribution in [3.63, 3.8) is 0 Å². The van der Waals surface area contributed by atoms with Gasteiger partial charge < -0.3 is 15.2 Å². The fourth-order valence-corrected chi connectivity index (χ4v) is 3.50. The van der Waals surface area contributed by atoms with E-state index in [2.05, 4.69) is 5.32 Å². The highest BCUT2D eigenvalue weighted by Crippen LogP contribution is 2.29. The van der Waals surface area contributed by atoms with Crippen LogP contribution in [0.3, 0.4) is 0 Å². The van der Waals surface area contributed by atoms with Gasteiger partial charge in [-0.15, -0.1) is 0 Å². The van der Waals surface area contributed by atoms with Crippen molar-refractivity contribution in [2.45, 2.75) is 24.8 Å². The van der Waals surface area contributed by atoms with Crippen molar-refractivity contribution in [3.05, 3.63) is 0 Å². The van der Waals surface area contributed by atoms with Gasteiger partial charge in [0, 0.05) is 12.4 Å². The highest BCUT2D eigenvalue weighted by Gasteiger charge is 2.44. The third-order valence-electron chi connectivity index (χ3n) is 3.32. The molecule has 2 fully saturated rings. The van der Waals surface area contributed by atoms with E-state index in [4.69, 9.17) is 4.74 Å². The minimum atomic E-state index is -1.06. The zero-order valence-electron chi connectivity index (χ0n) is 9.61. The normalized spacial score (nSPS) is 33.3. The Balaban J connectivity index is 1.98. The molecule has 0 radical (unpaired) electrons. The van der Waals surface area contributed by atoms with Crippen LogP contribution < -0.4 is 5.32 Å². The fourth-order valence-electron chi connectivity index (χ4n) is 2.17. The Morgan fingerprint density at radius 3 is 2.82 bits per heavy atom. The van der Waals surface area contributed by atoms with E-state index in [1.54, 1.807) is 11.8 Å². The summed E-state index contributed by atoms with van der Waals surface area (Å²) < 4.78 is 5.25. The first-order chi connectivity index (χ1) is 8.14. The van der Waals surface area contributed by atoms with Gasteiger partial charge in [-0.05, 0) is 25.0 Å². The molecule has 0 unspecified atom stereocenters. The number of carbonyl (C=O) groups is 2. The second kappa shape index (κ2) is 5.27. The number of hydrogen-bond acceptors (Lipinski definition) is 4. The van der Waals surface area contributed by atoms with Crippen LogP contribution in [-0.4, -0.2) is 47.2 Å². The lowest BCUT2D eigenvalue weighted by molar-refractivity contribution is -0.148. The number of thioether (sulfide) groups is 1. The molecule has 2 aliphatic rings. The van der Waals surface area contributed by atoms with Crippen molar-refractivity contribution in [3.8, 4) is 0 Å². The Morgan fingerprint density at radius 1 is 1.47 bits per heavy atom. The first-order valence-corrected chi connectivity index (χ1v) is 7.00. The lowest BCUT2D eigenvalue weighted by Crippen LogP contribution is -2.56. The Hall–Kier alpha value is -0.750. The van der Waals surface area contributed by atoms with Crippen LogP contribution >= 0.6 is 11.8 Å². The number of carboxylic acid groups (broad SMARTS) is 1. The molecule has 0 bridgehead atoms. The molecular formula is C11H17NO4S. The smallest absolute Gasteiger partial charge is 0.330 e. The molecule has 0 aromatic rings. The lowest BCUT2D eigenvalue weighted by atomic mass is 9.95. The molecule has 2 N–H and O–H groups in total. The number of carbonyl (C=O) groups excluding carboxylic acids is 1. The van der Waals surface area contributed by atoms with E-state index < -0.39 is 11.5 Å². The van der Waals surface area contributed by atoms with Crippen LogP contribution in [0.1, 0.15) is 19.3 Å². The Kier molecular flexibility index (Phi) is 3.93. The average molecular weight is 259 g/mol. The molecule has 0 saturated carbocycles. The van der Waals surface area contributed by atoms with Crippen LogP contribution in [0.2, 0.25) is 0 Å². The number of amides is 1. The van der Waals surface area contributed by atoms with E-state index in [1.807, 2.05) is 0 Å². The molecule has 2 atom stereocenters. The van der Waals surface area contributed by atoms with Crippen molar-refractivity contribution in [2.75, 3.05) is 24.7 Å². The summed E-state index contributed by atoms with van der Waals surface area (Å²) >= 11 is 1.57. The highest BCUT2D eigenvalue weighted by atomic mass is 32.2. The Morgan fingerprint density at radius 2 is 2.29 bits per heavy atom. The summed E-state index contributed by atoms with van der Waals surface area (Å²) in [6.45, 7) is 1.11. The van der Waals surface area contributed by atoms with E-state index in [0.29, 0.717) is 25.4 Å². The van der Waals surface area contributed by atoms with Gasteiger partial charge in [-0.2, -0.15) is 11.8 Å². The molecule has 5 nitrogen and oxygen atoms in total. The van der Waals surface area contributed by atoms with Crippen LogP contribution in [0.4, 0.5) is 0 Å². The summed E-state index contributed by atoms with van der Waals surface area (Å²) in [7, 11) is 0.